The van der Waals surface area contributed by atoms with E-state index in [2.05, 4.69) is 10.3 Å². The fourth-order valence-electron chi connectivity index (χ4n) is 1.73. The van der Waals surface area contributed by atoms with Crippen molar-refractivity contribution in [3.8, 4) is 5.75 Å². The lowest BCUT2D eigenvalue weighted by Crippen LogP contribution is -2.14. The minimum Gasteiger partial charge on any atom is -0.495 e. The molecule has 0 atom stereocenters. The Balaban J connectivity index is 2.02. The second-order valence-electron chi connectivity index (χ2n) is 4.38. The molecular weight excluding hydrogens is 276 g/mol. The number of ether oxygens (including phenoxy) is 1. The van der Waals surface area contributed by atoms with Crippen molar-refractivity contribution in [2.75, 3.05) is 12.4 Å². The second kappa shape index (κ2) is 6.39. The molecule has 0 unspecified atom stereocenters. The Morgan fingerprint density at radius 2 is 2.15 bits per heavy atom. The molecule has 0 aliphatic carbocycles. The molecule has 0 bridgehead atoms. The Kier molecular flexibility index (Phi) is 4.58. The van der Waals surface area contributed by atoms with Gasteiger partial charge in [-0.05, 0) is 30.7 Å². The third-order valence-electron chi connectivity index (χ3n) is 2.77. The number of carbonyl (C=O) groups is 1. The van der Waals surface area contributed by atoms with E-state index in [-0.39, 0.29) is 12.3 Å². The lowest BCUT2D eigenvalue weighted by Gasteiger charge is -2.08. The molecule has 1 heterocycles. The number of methoxy groups -OCH3 is 1. The Labute approximate surface area is 122 Å². The van der Waals surface area contributed by atoms with Crippen molar-refractivity contribution < 1.29 is 9.53 Å². The summed E-state index contributed by atoms with van der Waals surface area (Å²) < 4.78 is 5.11. The average molecular weight is 291 g/mol. The Morgan fingerprint density at radius 1 is 1.35 bits per heavy atom. The molecule has 2 aromatic rings. The Hall–Kier alpha value is -2.07. The summed E-state index contributed by atoms with van der Waals surface area (Å²) in [6, 6.07) is 8.88. The molecule has 1 aromatic heterocycles. The van der Waals surface area contributed by atoms with Crippen LogP contribution in [0, 0.1) is 6.92 Å². The number of hydrogen-bond acceptors (Lipinski definition) is 3. The van der Waals surface area contributed by atoms with Crippen LogP contribution >= 0.6 is 11.6 Å². The third kappa shape index (κ3) is 3.71. The number of nitrogens with one attached hydrogen (secondary N) is 1. The number of nitrogens with zero attached hydrogens (tertiary/aromatic N) is 1. The summed E-state index contributed by atoms with van der Waals surface area (Å²) in [6.07, 6.45) is 1.98. The van der Waals surface area contributed by atoms with E-state index in [1.807, 2.05) is 19.1 Å². The first-order valence-electron chi connectivity index (χ1n) is 6.13. The van der Waals surface area contributed by atoms with Crippen molar-refractivity contribution in [2.45, 2.75) is 13.3 Å². The highest BCUT2D eigenvalue weighted by Crippen LogP contribution is 2.27. The molecule has 0 saturated carbocycles. The van der Waals surface area contributed by atoms with Gasteiger partial charge < -0.3 is 10.1 Å². The van der Waals surface area contributed by atoms with Crippen LogP contribution in [0.1, 0.15) is 11.3 Å². The minimum atomic E-state index is -0.111. The molecule has 104 valence electrons. The lowest BCUT2D eigenvalue weighted by atomic mass is 10.2. The number of anilines is 1. The van der Waals surface area contributed by atoms with Gasteiger partial charge in [-0.15, -0.1) is 0 Å². The summed E-state index contributed by atoms with van der Waals surface area (Å²) >= 11 is 5.93. The predicted octanol–water partition coefficient (Wildman–Crippen LogP) is 3.23. The van der Waals surface area contributed by atoms with Crippen molar-refractivity contribution >= 4 is 23.2 Å². The van der Waals surface area contributed by atoms with Gasteiger partial charge in [0.1, 0.15) is 5.75 Å². The number of pyridine rings is 1. The highest BCUT2D eigenvalue weighted by molar-refractivity contribution is 6.32. The topological polar surface area (TPSA) is 51.2 Å². The largest absolute Gasteiger partial charge is 0.495 e. The lowest BCUT2D eigenvalue weighted by molar-refractivity contribution is -0.115. The number of amides is 1. The van der Waals surface area contributed by atoms with E-state index in [4.69, 9.17) is 16.3 Å². The normalized spacial score (nSPS) is 10.2. The molecule has 1 N–H and O–H groups in total. The van der Waals surface area contributed by atoms with Gasteiger partial charge in [-0.3, -0.25) is 9.78 Å². The van der Waals surface area contributed by atoms with E-state index in [9.17, 15) is 4.79 Å². The molecule has 0 saturated heterocycles. The maximum atomic E-state index is 11.9. The molecule has 20 heavy (non-hydrogen) atoms. The van der Waals surface area contributed by atoms with Crippen molar-refractivity contribution in [2.24, 2.45) is 0 Å². The quantitative estimate of drug-likeness (QED) is 0.940. The van der Waals surface area contributed by atoms with Gasteiger partial charge in [0.05, 0.1) is 18.6 Å². The highest BCUT2D eigenvalue weighted by Gasteiger charge is 2.07. The molecule has 2 rings (SSSR count). The second-order valence-corrected chi connectivity index (χ2v) is 4.79. The first kappa shape index (κ1) is 14.3. The van der Waals surface area contributed by atoms with Gasteiger partial charge in [0.2, 0.25) is 5.91 Å². The maximum absolute atomic E-state index is 11.9. The molecule has 4 nitrogen and oxygen atoms in total. The molecule has 0 aliphatic rings. The Bertz CT molecular complexity index is 612. The SMILES string of the molecule is COc1cc(NC(=O)Cc2ccc(C)nc2)ccc1Cl. The predicted molar refractivity (Wildman–Crippen MR) is 79.3 cm³/mol. The third-order valence-corrected chi connectivity index (χ3v) is 3.08. The van der Waals surface area contributed by atoms with Gasteiger partial charge in [-0.2, -0.15) is 0 Å². The summed E-state index contributed by atoms with van der Waals surface area (Å²) in [4.78, 5) is 16.1. The molecule has 1 amide bonds. The van der Waals surface area contributed by atoms with Crippen LogP contribution in [0.25, 0.3) is 0 Å². The fourth-order valence-corrected chi connectivity index (χ4v) is 1.93. The number of benzene rings is 1. The number of halogens is 1. The van der Waals surface area contributed by atoms with E-state index in [1.165, 1.54) is 7.11 Å². The van der Waals surface area contributed by atoms with Crippen molar-refractivity contribution in [3.05, 3.63) is 52.8 Å². The van der Waals surface area contributed by atoms with Gasteiger partial charge >= 0.3 is 0 Å². The zero-order chi connectivity index (χ0) is 14.5. The summed E-state index contributed by atoms with van der Waals surface area (Å²) in [5.74, 6) is 0.418. The molecule has 1 aromatic carbocycles. The van der Waals surface area contributed by atoms with Gasteiger partial charge in [0.15, 0.2) is 0 Å². The van der Waals surface area contributed by atoms with Crippen molar-refractivity contribution in [3.63, 3.8) is 0 Å². The number of aryl methyl sites for hydroxylation is 1. The van der Waals surface area contributed by atoms with E-state index < -0.39 is 0 Å². The number of hydrogen-bond donors (Lipinski definition) is 1. The molecule has 0 radical (unpaired) electrons. The van der Waals surface area contributed by atoms with Crippen LogP contribution in [0.5, 0.6) is 5.75 Å². The average Bonchev–Trinajstić information content (AvgIpc) is 2.43. The monoisotopic (exact) mass is 290 g/mol. The first-order valence-corrected chi connectivity index (χ1v) is 6.51. The van der Waals surface area contributed by atoms with E-state index in [0.717, 1.165) is 11.3 Å². The molecule has 5 heteroatoms. The number of aromatic nitrogens is 1. The number of rotatable bonds is 4. The summed E-state index contributed by atoms with van der Waals surface area (Å²) in [5.41, 5.74) is 2.45. The van der Waals surface area contributed by atoms with Crippen molar-refractivity contribution in [1.29, 1.82) is 0 Å². The van der Waals surface area contributed by atoms with Crippen LogP contribution < -0.4 is 10.1 Å². The standard InChI is InChI=1S/C15H15ClN2O2/c1-10-3-4-11(9-17-10)7-15(19)18-12-5-6-13(16)14(8-12)20-2/h3-6,8-9H,7H2,1-2H3,(H,18,19). The van der Waals surface area contributed by atoms with Gasteiger partial charge in [-0.1, -0.05) is 17.7 Å². The highest BCUT2D eigenvalue weighted by atomic mass is 35.5. The summed E-state index contributed by atoms with van der Waals surface area (Å²) in [5, 5.41) is 3.31. The first-order chi connectivity index (χ1) is 9.58. The molecule has 0 fully saturated rings. The molecule has 0 aliphatic heterocycles. The zero-order valence-electron chi connectivity index (χ0n) is 11.3. The summed E-state index contributed by atoms with van der Waals surface area (Å²) in [6.45, 7) is 1.91. The zero-order valence-corrected chi connectivity index (χ0v) is 12.1. The van der Waals surface area contributed by atoms with E-state index in [0.29, 0.717) is 16.5 Å². The van der Waals surface area contributed by atoms with E-state index >= 15 is 0 Å². The fraction of sp³-hybridized carbons (Fsp3) is 0.200. The maximum Gasteiger partial charge on any atom is 0.228 e. The van der Waals surface area contributed by atoms with E-state index in [1.54, 1.807) is 24.4 Å². The van der Waals surface area contributed by atoms with Gasteiger partial charge in [-0.25, -0.2) is 0 Å². The van der Waals surface area contributed by atoms with Crippen LogP contribution in [-0.4, -0.2) is 18.0 Å². The number of carbonyl (C=O) groups excluding carboxylic acids is 1. The van der Waals surface area contributed by atoms with Crippen LogP contribution in [0.3, 0.4) is 0 Å². The van der Waals surface area contributed by atoms with Gasteiger partial charge in [0.25, 0.3) is 0 Å². The van der Waals surface area contributed by atoms with Crippen molar-refractivity contribution in [1.82, 2.24) is 4.98 Å². The van der Waals surface area contributed by atoms with Crippen LogP contribution in [0.15, 0.2) is 36.5 Å². The van der Waals surface area contributed by atoms with Gasteiger partial charge in [0, 0.05) is 23.6 Å². The minimum absolute atomic E-state index is 0.111. The Morgan fingerprint density at radius 3 is 2.80 bits per heavy atom. The van der Waals surface area contributed by atoms with Crippen LogP contribution in [-0.2, 0) is 11.2 Å². The molecule has 0 spiro atoms. The molecular formula is C15H15ClN2O2. The summed E-state index contributed by atoms with van der Waals surface area (Å²) in [7, 11) is 1.53. The smallest absolute Gasteiger partial charge is 0.228 e. The van der Waals surface area contributed by atoms with Crippen LogP contribution in [0.2, 0.25) is 5.02 Å². The van der Waals surface area contributed by atoms with Crippen LogP contribution in [0.4, 0.5) is 5.69 Å².